The highest BCUT2D eigenvalue weighted by Gasteiger charge is 2.19. The predicted octanol–water partition coefficient (Wildman–Crippen LogP) is 1.53. The van der Waals surface area contributed by atoms with Gasteiger partial charge in [0.25, 0.3) is 0 Å². The van der Waals surface area contributed by atoms with Gasteiger partial charge in [-0.15, -0.1) is 0 Å². The Morgan fingerprint density at radius 3 is 2.60 bits per heavy atom. The van der Waals surface area contributed by atoms with Crippen LogP contribution in [-0.4, -0.2) is 22.5 Å². The first kappa shape index (κ1) is 11.9. The summed E-state index contributed by atoms with van der Waals surface area (Å²) in [5.74, 6) is -3.27. The number of benzene rings is 1. The van der Waals surface area contributed by atoms with E-state index in [2.05, 4.69) is 15.9 Å². The SMILES string of the molecule is NCCC(=O)c1cc(Br)c(O)c(F)c1O. The zero-order valence-electron chi connectivity index (χ0n) is 7.63. The second kappa shape index (κ2) is 4.59. The van der Waals surface area contributed by atoms with Crippen LogP contribution in [0.25, 0.3) is 0 Å². The van der Waals surface area contributed by atoms with Gasteiger partial charge in [0.1, 0.15) is 0 Å². The third kappa shape index (κ3) is 2.27. The van der Waals surface area contributed by atoms with Crippen LogP contribution in [0.2, 0.25) is 0 Å². The van der Waals surface area contributed by atoms with Crippen LogP contribution in [0.1, 0.15) is 16.8 Å². The van der Waals surface area contributed by atoms with Gasteiger partial charge in [-0.1, -0.05) is 0 Å². The van der Waals surface area contributed by atoms with Crippen molar-refractivity contribution in [2.45, 2.75) is 6.42 Å². The molecule has 1 aromatic rings. The number of phenols is 2. The molecule has 0 spiro atoms. The highest BCUT2D eigenvalue weighted by atomic mass is 79.9. The molecule has 4 nitrogen and oxygen atoms in total. The molecule has 1 rings (SSSR count). The van der Waals surface area contributed by atoms with Gasteiger partial charge in [-0.3, -0.25) is 4.79 Å². The highest BCUT2D eigenvalue weighted by molar-refractivity contribution is 9.10. The van der Waals surface area contributed by atoms with Crippen molar-refractivity contribution in [1.82, 2.24) is 0 Å². The van der Waals surface area contributed by atoms with Crippen molar-refractivity contribution >= 4 is 21.7 Å². The molecule has 82 valence electrons. The van der Waals surface area contributed by atoms with E-state index in [1.165, 1.54) is 0 Å². The van der Waals surface area contributed by atoms with E-state index in [4.69, 9.17) is 10.8 Å². The summed E-state index contributed by atoms with van der Waals surface area (Å²) >= 11 is 2.87. The van der Waals surface area contributed by atoms with E-state index >= 15 is 0 Å². The standard InChI is InChI=1S/C9H9BrFNO3/c10-5-3-4(6(13)1-2-12)8(14)7(11)9(5)15/h3,14-15H,1-2,12H2. The number of phenolic OH excluding ortho intramolecular Hbond substituents is 2. The van der Waals surface area contributed by atoms with Crippen LogP contribution in [0.5, 0.6) is 11.5 Å². The van der Waals surface area contributed by atoms with Crippen molar-refractivity contribution in [2.24, 2.45) is 5.73 Å². The molecule has 0 amide bonds. The number of halogens is 2. The molecule has 0 atom stereocenters. The summed E-state index contributed by atoms with van der Waals surface area (Å²) in [6.45, 7) is 0.110. The monoisotopic (exact) mass is 277 g/mol. The summed E-state index contributed by atoms with van der Waals surface area (Å²) in [6.07, 6.45) is 0.00418. The summed E-state index contributed by atoms with van der Waals surface area (Å²) in [6, 6.07) is 1.16. The third-order valence-corrected chi connectivity index (χ3v) is 2.44. The first-order valence-corrected chi connectivity index (χ1v) is 4.91. The number of rotatable bonds is 3. The van der Waals surface area contributed by atoms with Gasteiger partial charge < -0.3 is 15.9 Å². The fourth-order valence-corrected chi connectivity index (χ4v) is 1.48. The van der Waals surface area contributed by atoms with Crippen LogP contribution >= 0.6 is 15.9 Å². The highest BCUT2D eigenvalue weighted by Crippen LogP contribution is 2.36. The zero-order valence-corrected chi connectivity index (χ0v) is 9.21. The molecule has 0 aliphatic carbocycles. The molecule has 15 heavy (non-hydrogen) atoms. The van der Waals surface area contributed by atoms with E-state index < -0.39 is 23.1 Å². The quantitative estimate of drug-likeness (QED) is 0.732. The number of nitrogens with two attached hydrogens (primary N) is 1. The lowest BCUT2D eigenvalue weighted by Gasteiger charge is -2.07. The Balaban J connectivity index is 3.26. The summed E-state index contributed by atoms with van der Waals surface area (Å²) < 4.78 is 13.2. The largest absolute Gasteiger partial charge is 0.504 e. The van der Waals surface area contributed by atoms with E-state index in [0.717, 1.165) is 6.07 Å². The number of hydrogen-bond donors (Lipinski definition) is 3. The lowest BCUT2D eigenvalue weighted by molar-refractivity contribution is 0.0982. The molecular weight excluding hydrogens is 269 g/mol. The van der Waals surface area contributed by atoms with Gasteiger partial charge in [0.05, 0.1) is 10.0 Å². The van der Waals surface area contributed by atoms with Crippen molar-refractivity contribution in [3.8, 4) is 11.5 Å². The molecule has 0 aromatic heterocycles. The van der Waals surface area contributed by atoms with Crippen LogP contribution in [0, 0.1) is 5.82 Å². The van der Waals surface area contributed by atoms with Crippen LogP contribution < -0.4 is 5.73 Å². The molecule has 0 fully saturated rings. The van der Waals surface area contributed by atoms with Gasteiger partial charge in [-0.2, -0.15) is 4.39 Å². The summed E-state index contributed by atoms with van der Waals surface area (Å²) in [5, 5.41) is 18.4. The van der Waals surface area contributed by atoms with Crippen LogP contribution in [0.15, 0.2) is 10.5 Å². The molecule has 0 saturated carbocycles. The van der Waals surface area contributed by atoms with E-state index in [0.29, 0.717) is 0 Å². The topological polar surface area (TPSA) is 83.6 Å². The van der Waals surface area contributed by atoms with Gasteiger partial charge in [0, 0.05) is 6.42 Å². The van der Waals surface area contributed by atoms with Crippen LogP contribution in [0.4, 0.5) is 4.39 Å². The Labute approximate surface area is 93.6 Å². The third-order valence-electron chi connectivity index (χ3n) is 1.84. The summed E-state index contributed by atoms with van der Waals surface area (Å²) in [7, 11) is 0. The summed E-state index contributed by atoms with van der Waals surface area (Å²) in [5.41, 5.74) is 4.97. The van der Waals surface area contributed by atoms with Crippen molar-refractivity contribution in [3.63, 3.8) is 0 Å². The van der Waals surface area contributed by atoms with Crippen molar-refractivity contribution in [2.75, 3.05) is 6.54 Å². The average molecular weight is 278 g/mol. The van der Waals surface area contributed by atoms with Gasteiger partial charge in [-0.05, 0) is 28.5 Å². The Morgan fingerprint density at radius 1 is 1.47 bits per heavy atom. The average Bonchev–Trinajstić information content (AvgIpc) is 2.20. The molecular formula is C9H9BrFNO3. The first-order valence-electron chi connectivity index (χ1n) is 4.12. The van der Waals surface area contributed by atoms with Crippen molar-refractivity contribution in [3.05, 3.63) is 21.9 Å². The Bertz CT molecular complexity index is 409. The van der Waals surface area contributed by atoms with Crippen molar-refractivity contribution in [1.29, 1.82) is 0 Å². The number of carbonyl (C=O) groups excluding carboxylic acids is 1. The smallest absolute Gasteiger partial charge is 0.208 e. The normalized spacial score (nSPS) is 10.3. The van der Waals surface area contributed by atoms with Gasteiger partial charge in [0.15, 0.2) is 17.3 Å². The molecule has 0 unspecified atom stereocenters. The van der Waals surface area contributed by atoms with Gasteiger partial charge in [-0.25, -0.2) is 0 Å². The molecule has 0 saturated heterocycles. The lowest BCUT2D eigenvalue weighted by atomic mass is 10.1. The second-order valence-corrected chi connectivity index (χ2v) is 3.73. The molecule has 4 N–H and O–H groups in total. The van der Waals surface area contributed by atoms with E-state index in [9.17, 15) is 14.3 Å². The lowest BCUT2D eigenvalue weighted by Crippen LogP contribution is -2.08. The van der Waals surface area contributed by atoms with E-state index in [1.807, 2.05) is 0 Å². The Morgan fingerprint density at radius 2 is 2.07 bits per heavy atom. The Kier molecular flexibility index (Phi) is 3.65. The van der Waals surface area contributed by atoms with E-state index in [-0.39, 0.29) is 23.0 Å². The zero-order chi connectivity index (χ0) is 11.6. The van der Waals surface area contributed by atoms with Crippen LogP contribution in [-0.2, 0) is 0 Å². The molecule has 0 radical (unpaired) electrons. The molecule has 0 aliphatic heterocycles. The fourth-order valence-electron chi connectivity index (χ4n) is 1.08. The maximum atomic E-state index is 13.1. The number of ketones is 1. The first-order chi connectivity index (χ1) is 6.99. The fraction of sp³-hybridized carbons (Fsp3) is 0.222. The number of hydrogen-bond acceptors (Lipinski definition) is 4. The van der Waals surface area contributed by atoms with Crippen molar-refractivity contribution < 1.29 is 19.4 Å². The van der Waals surface area contributed by atoms with Crippen LogP contribution in [0.3, 0.4) is 0 Å². The molecule has 1 aromatic carbocycles. The minimum Gasteiger partial charge on any atom is -0.504 e. The number of aromatic hydroxyl groups is 2. The van der Waals surface area contributed by atoms with Gasteiger partial charge >= 0.3 is 0 Å². The molecule has 0 bridgehead atoms. The summed E-state index contributed by atoms with van der Waals surface area (Å²) in [4.78, 5) is 11.4. The Hall–Kier alpha value is -1.14. The second-order valence-electron chi connectivity index (χ2n) is 2.88. The maximum absolute atomic E-state index is 13.1. The minimum absolute atomic E-state index is 0.00418. The maximum Gasteiger partial charge on any atom is 0.208 e. The number of Topliss-reactive ketones (excluding diaryl/α,β-unsaturated/α-hetero) is 1. The predicted molar refractivity (Wildman–Crippen MR) is 55.4 cm³/mol. The van der Waals surface area contributed by atoms with Gasteiger partial charge in [0.2, 0.25) is 5.82 Å². The molecule has 0 heterocycles. The minimum atomic E-state index is -1.22. The van der Waals surface area contributed by atoms with E-state index in [1.54, 1.807) is 0 Å². The number of carbonyl (C=O) groups is 1. The molecule has 6 heteroatoms. The molecule has 0 aliphatic rings.